The van der Waals surface area contributed by atoms with Crippen molar-refractivity contribution in [3.63, 3.8) is 0 Å². The molecule has 2 nitrogen and oxygen atoms in total. The van der Waals surface area contributed by atoms with Gasteiger partial charge in [0.15, 0.2) is 0 Å². The van der Waals surface area contributed by atoms with E-state index in [9.17, 15) is 9.50 Å². The van der Waals surface area contributed by atoms with E-state index in [2.05, 4.69) is 11.0 Å². The number of nitrogens with zero attached hydrogens (tertiary/aromatic N) is 1. The van der Waals surface area contributed by atoms with Crippen LogP contribution in [-0.4, -0.2) is 36.3 Å². The third-order valence-corrected chi connectivity index (χ3v) is 3.46. The smallest absolute Gasteiger partial charge is 0.115 e. The van der Waals surface area contributed by atoms with Crippen molar-refractivity contribution in [1.82, 2.24) is 4.90 Å². The van der Waals surface area contributed by atoms with Gasteiger partial charge in [-0.15, -0.1) is 0 Å². The lowest BCUT2D eigenvalue weighted by molar-refractivity contribution is 0.200. The summed E-state index contributed by atoms with van der Waals surface area (Å²) in [5, 5.41) is 9.49. The maximum Gasteiger partial charge on any atom is 0.115 e. The van der Waals surface area contributed by atoms with Crippen molar-refractivity contribution in [1.29, 1.82) is 0 Å². The summed E-state index contributed by atoms with van der Waals surface area (Å²) in [5.41, 5.74) is 1.20. The van der Waals surface area contributed by atoms with Gasteiger partial charge in [-0.2, -0.15) is 0 Å². The summed E-state index contributed by atoms with van der Waals surface area (Å²) in [7, 11) is 0. The van der Waals surface area contributed by atoms with Crippen molar-refractivity contribution in [2.24, 2.45) is 0 Å². The lowest BCUT2D eigenvalue weighted by Crippen LogP contribution is -2.35. The fourth-order valence-corrected chi connectivity index (χ4v) is 2.59. The van der Waals surface area contributed by atoms with E-state index in [1.807, 2.05) is 12.1 Å². The van der Waals surface area contributed by atoms with Gasteiger partial charge in [0.1, 0.15) is 5.75 Å². The van der Waals surface area contributed by atoms with E-state index in [0.29, 0.717) is 18.1 Å². The molecular formula is C14H20FNO. The molecule has 1 unspecified atom stereocenters. The van der Waals surface area contributed by atoms with Crippen molar-refractivity contribution < 1.29 is 9.50 Å². The van der Waals surface area contributed by atoms with Crippen LogP contribution in [-0.2, 0) is 0 Å². The largest absolute Gasteiger partial charge is 0.508 e. The van der Waals surface area contributed by atoms with Crippen LogP contribution < -0.4 is 0 Å². The zero-order valence-corrected chi connectivity index (χ0v) is 10.1. The molecule has 1 aliphatic rings. The van der Waals surface area contributed by atoms with Gasteiger partial charge in [-0.25, -0.2) is 0 Å². The minimum Gasteiger partial charge on any atom is -0.508 e. The molecule has 0 aromatic heterocycles. The first-order chi connectivity index (χ1) is 8.29. The molecule has 0 spiro atoms. The Morgan fingerprint density at radius 3 is 3.06 bits per heavy atom. The molecule has 1 aliphatic heterocycles. The minimum absolute atomic E-state index is 0.229. The number of hydrogen-bond acceptors (Lipinski definition) is 2. The number of rotatable bonds is 4. The Morgan fingerprint density at radius 2 is 2.29 bits per heavy atom. The van der Waals surface area contributed by atoms with Gasteiger partial charge in [0.2, 0.25) is 0 Å². The van der Waals surface area contributed by atoms with Gasteiger partial charge < -0.3 is 10.0 Å². The predicted molar refractivity (Wildman–Crippen MR) is 67.1 cm³/mol. The maximum atomic E-state index is 12.2. The molecule has 0 radical (unpaired) electrons. The van der Waals surface area contributed by atoms with Crippen LogP contribution in [0.5, 0.6) is 5.75 Å². The van der Waals surface area contributed by atoms with Gasteiger partial charge in [0.05, 0.1) is 6.67 Å². The zero-order valence-electron chi connectivity index (χ0n) is 10.1. The summed E-state index contributed by atoms with van der Waals surface area (Å²) >= 11 is 0. The lowest BCUT2D eigenvalue weighted by Gasteiger charge is -2.32. The molecule has 0 aliphatic carbocycles. The third kappa shape index (κ3) is 3.43. The quantitative estimate of drug-likeness (QED) is 0.870. The Balaban J connectivity index is 1.97. The van der Waals surface area contributed by atoms with E-state index >= 15 is 0 Å². The lowest BCUT2D eigenvalue weighted by atomic mass is 9.90. The molecular weight excluding hydrogens is 217 g/mol. The monoisotopic (exact) mass is 237 g/mol. The van der Waals surface area contributed by atoms with Crippen LogP contribution in [0, 0.1) is 0 Å². The van der Waals surface area contributed by atoms with Gasteiger partial charge in [-0.1, -0.05) is 12.1 Å². The summed E-state index contributed by atoms with van der Waals surface area (Å²) in [6.45, 7) is 2.69. The third-order valence-electron chi connectivity index (χ3n) is 3.46. The number of benzene rings is 1. The number of piperidine rings is 1. The SMILES string of the molecule is Oc1cccc(C2CCCN(CCCF)C2)c1. The second-order valence-corrected chi connectivity index (χ2v) is 4.78. The number of hydrogen-bond donors (Lipinski definition) is 1. The molecule has 1 aromatic rings. The fraction of sp³-hybridized carbons (Fsp3) is 0.571. The van der Waals surface area contributed by atoms with Gasteiger partial charge in [0.25, 0.3) is 0 Å². The standard InChI is InChI=1S/C14H20FNO/c15-7-3-9-16-8-2-5-13(11-16)12-4-1-6-14(17)10-12/h1,4,6,10,13,17H,2-3,5,7-9,11H2. The van der Waals surface area contributed by atoms with E-state index in [0.717, 1.165) is 32.5 Å². The molecule has 1 aromatic carbocycles. The molecule has 2 rings (SSSR count). The molecule has 1 atom stereocenters. The molecule has 1 fully saturated rings. The Morgan fingerprint density at radius 1 is 1.41 bits per heavy atom. The van der Waals surface area contributed by atoms with E-state index in [-0.39, 0.29) is 6.67 Å². The number of phenolic OH excluding ortho intramolecular Hbond substituents is 1. The van der Waals surface area contributed by atoms with Crippen molar-refractivity contribution in [2.45, 2.75) is 25.2 Å². The van der Waals surface area contributed by atoms with Crippen LogP contribution in [0.1, 0.15) is 30.7 Å². The van der Waals surface area contributed by atoms with E-state index in [1.54, 1.807) is 6.07 Å². The van der Waals surface area contributed by atoms with Crippen LogP contribution >= 0.6 is 0 Å². The first kappa shape index (κ1) is 12.4. The first-order valence-electron chi connectivity index (χ1n) is 6.37. The summed E-state index contributed by atoms with van der Waals surface area (Å²) in [6.07, 6.45) is 2.95. The molecule has 0 bridgehead atoms. The minimum atomic E-state index is -0.229. The van der Waals surface area contributed by atoms with Crippen molar-refractivity contribution in [2.75, 3.05) is 26.3 Å². The second kappa shape index (κ2) is 6.01. The number of halogens is 1. The molecule has 94 valence electrons. The predicted octanol–water partition coefficient (Wildman–Crippen LogP) is 2.93. The molecule has 17 heavy (non-hydrogen) atoms. The molecule has 0 saturated carbocycles. The molecule has 1 N–H and O–H groups in total. The number of alkyl halides is 1. The van der Waals surface area contributed by atoms with E-state index in [1.165, 1.54) is 5.56 Å². The average Bonchev–Trinajstić information content (AvgIpc) is 2.37. The summed E-state index contributed by atoms with van der Waals surface area (Å²) < 4.78 is 12.2. The summed E-state index contributed by atoms with van der Waals surface area (Å²) in [4.78, 5) is 2.33. The number of aromatic hydroxyl groups is 1. The molecule has 1 heterocycles. The molecule has 0 amide bonds. The van der Waals surface area contributed by atoms with Gasteiger partial charge in [-0.3, -0.25) is 4.39 Å². The van der Waals surface area contributed by atoms with Crippen LogP contribution in [0.2, 0.25) is 0 Å². The topological polar surface area (TPSA) is 23.5 Å². The Hall–Kier alpha value is -1.09. The van der Waals surface area contributed by atoms with Gasteiger partial charge >= 0.3 is 0 Å². The van der Waals surface area contributed by atoms with Crippen molar-refractivity contribution >= 4 is 0 Å². The molecule has 1 saturated heterocycles. The highest BCUT2D eigenvalue weighted by Crippen LogP contribution is 2.28. The van der Waals surface area contributed by atoms with Crippen LogP contribution in [0.4, 0.5) is 4.39 Å². The Bertz CT molecular complexity index is 356. The van der Waals surface area contributed by atoms with Crippen molar-refractivity contribution in [3.8, 4) is 5.75 Å². The highest BCUT2D eigenvalue weighted by molar-refractivity contribution is 5.30. The van der Waals surface area contributed by atoms with Crippen LogP contribution in [0.25, 0.3) is 0 Å². The van der Waals surface area contributed by atoms with E-state index < -0.39 is 0 Å². The maximum absolute atomic E-state index is 12.2. The normalized spacial score (nSPS) is 21.6. The highest BCUT2D eigenvalue weighted by atomic mass is 19.1. The first-order valence-corrected chi connectivity index (χ1v) is 6.37. The Labute approximate surface area is 102 Å². The Kier molecular flexibility index (Phi) is 4.37. The second-order valence-electron chi connectivity index (χ2n) is 4.78. The van der Waals surface area contributed by atoms with Gasteiger partial charge in [0, 0.05) is 13.1 Å². The molecule has 3 heteroatoms. The van der Waals surface area contributed by atoms with E-state index in [4.69, 9.17) is 0 Å². The highest BCUT2D eigenvalue weighted by Gasteiger charge is 2.20. The van der Waals surface area contributed by atoms with Crippen LogP contribution in [0.3, 0.4) is 0 Å². The van der Waals surface area contributed by atoms with Crippen molar-refractivity contribution in [3.05, 3.63) is 29.8 Å². The number of likely N-dealkylation sites (tertiary alicyclic amines) is 1. The van der Waals surface area contributed by atoms with Gasteiger partial charge in [-0.05, 0) is 49.4 Å². The zero-order chi connectivity index (χ0) is 12.1. The van der Waals surface area contributed by atoms with Crippen LogP contribution in [0.15, 0.2) is 24.3 Å². The summed E-state index contributed by atoms with van der Waals surface area (Å²) in [5.74, 6) is 0.818. The average molecular weight is 237 g/mol. The summed E-state index contributed by atoms with van der Waals surface area (Å²) in [6, 6.07) is 7.52. The number of phenols is 1. The fourth-order valence-electron chi connectivity index (χ4n) is 2.59.